The van der Waals surface area contributed by atoms with Crippen molar-refractivity contribution >= 4 is 5.91 Å². The van der Waals surface area contributed by atoms with Crippen molar-refractivity contribution in [2.45, 2.75) is 26.3 Å². The van der Waals surface area contributed by atoms with Gasteiger partial charge in [-0.25, -0.2) is 9.97 Å². The lowest BCUT2D eigenvalue weighted by Crippen LogP contribution is -2.37. The van der Waals surface area contributed by atoms with Gasteiger partial charge < -0.3 is 11.5 Å². The lowest BCUT2D eigenvalue weighted by molar-refractivity contribution is -0.119. The van der Waals surface area contributed by atoms with Crippen molar-refractivity contribution in [3.8, 4) is 0 Å². The van der Waals surface area contributed by atoms with Crippen molar-refractivity contribution in [1.82, 2.24) is 9.97 Å². The van der Waals surface area contributed by atoms with Gasteiger partial charge in [-0.05, 0) is 18.4 Å². The SMILES string of the molecule is CC(C)CC(N)C(N)=O.c1cncnc1. The fraction of sp³-hybridized carbons (Fsp3) is 0.500. The summed E-state index contributed by atoms with van der Waals surface area (Å²) in [5, 5.41) is 0. The molecule has 1 unspecified atom stereocenters. The fourth-order valence-electron chi connectivity index (χ4n) is 0.877. The number of aromatic nitrogens is 2. The van der Waals surface area contributed by atoms with E-state index in [1.807, 2.05) is 13.8 Å². The van der Waals surface area contributed by atoms with Gasteiger partial charge >= 0.3 is 0 Å². The molecular formula is C10H18N4O. The minimum Gasteiger partial charge on any atom is -0.368 e. The summed E-state index contributed by atoms with van der Waals surface area (Å²) in [7, 11) is 0. The zero-order valence-corrected chi connectivity index (χ0v) is 9.13. The second-order valence-corrected chi connectivity index (χ2v) is 3.54. The molecule has 84 valence electrons. The average molecular weight is 210 g/mol. The van der Waals surface area contributed by atoms with E-state index in [0.717, 1.165) is 0 Å². The fourth-order valence-corrected chi connectivity index (χ4v) is 0.877. The van der Waals surface area contributed by atoms with Gasteiger partial charge in [-0.1, -0.05) is 13.8 Å². The molecule has 0 spiro atoms. The maximum absolute atomic E-state index is 10.3. The first-order valence-corrected chi connectivity index (χ1v) is 4.79. The quantitative estimate of drug-likeness (QED) is 0.751. The lowest BCUT2D eigenvalue weighted by Gasteiger charge is -2.08. The van der Waals surface area contributed by atoms with Crippen LogP contribution in [0.5, 0.6) is 0 Å². The van der Waals surface area contributed by atoms with Gasteiger partial charge in [-0.2, -0.15) is 0 Å². The molecule has 0 bridgehead atoms. The molecule has 0 aliphatic rings. The van der Waals surface area contributed by atoms with Crippen LogP contribution in [0.1, 0.15) is 20.3 Å². The number of carbonyl (C=O) groups excluding carboxylic acids is 1. The number of carbonyl (C=O) groups is 1. The summed E-state index contributed by atoms with van der Waals surface area (Å²) < 4.78 is 0. The largest absolute Gasteiger partial charge is 0.368 e. The molecular weight excluding hydrogens is 192 g/mol. The molecule has 5 nitrogen and oxygen atoms in total. The molecule has 0 fully saturated rings. The standard InChI is InChI=1S/C6H14N2O.C4H4N2/c1-4(2)3-5(7)6(8)9;1-2-5-4-6-3-1/h4-5H,3,7H2,1-2H3,(H2,8,9);1-4H. The third-order valence-corrected chi connectivity index (χ3v) is 1.57. The zero-order chi connectivity index (χ0) is 11.7. The van der Waals surface area contributed by atoms with Crippen molar-refractivity contribution in [1.29, 1.82) is 0 Å². The first kappa shape index (κ1) is 13.5. The van der Waals surface area contributed by atoms with Crippen LogP contribution in [-0.2, 0) is 4.79 Å². The molecule has 1 amide bonds. The Morgan fingerprint density at radius 2 is 1.87 bits per heavy atom. The van der Waals surface area contributed by atoms with Crippen LogP contribution in [0.15, 0.2) is 24.8 Å². The molecule has 0 radical (unpaired) electrons. The maximum atomic E-state index is 10.3. The van der Waals surface area contributed by atoms with Gasteiger partial charge in [0.2, 0.25) is 5.91 Å². The van der Waals surface area contributed by atoms with Crippen molar-refractivity contribution < 1.29 is 4.79 Å². The highest BCUT2D eigenvalue weighted by Crippen LogP contribution is 2.00. The van der Waals surface area contributed by atoms with Gasteiger partial charge in [0.25, 0.3) is 0 Å². The molecule has 1 aromatic rings. The van der Waals surface area contributed by atoms with Gasteiger partial charge in [0.05, 0.1) is 6.04 Å². The molecule has 5 heteroatoms. The molecule has 1 rings (SSSR count). The number of rotatable bonds is 3. The molecule has 0 aromatic carbocycles. The predicted molar refractivity (Wildman–Crippen MR) is 58.7 cm³/mol. The zero-order valence-electron chi connectivity index (χ0n) is 9.13. The van der Waals surface area contributed by atoms with Gasteiger partial charge in [0.1, 0.15) is 6.33 Å². The topological polar surface area (TPSA) is 94.9 Å². The maximum Gasteiger partial charge on any atom is 0.234 e. The first-order chi connectivity index (χ1) is 7.04. The van der Waals surface area contributed by atoms with Crippen LogP contribution in [0.2, 0.25) is 0 Å². The monoisotopic (exact) mass is 210 g/mol. The summed E-state index contributed by atoms with van der Waals surface area (Å²) in [4.78, 5) is 17.7. The third-order valence-electron chi connectivity index (χ3n) is 1.57. The molecule has 0 aliphatic heterocycles. The van der Waals surface area contributed by atoms with Crippen LogP contribution in [0.25, 0.3) is 0 Å². The number of hydrogen-bond donors (Lipinski definition) is 2. The highest BCUT2D eigenvalue weighted by Gasteiger charge is 2.09. The van der Waals surface area contributed by atoms with Crippen molar-refractivity contribution in [2.75, 3.05) is 0 Å². The number of amides is 1. The minimum atomic E-state index is -0.468. The van der Waals surface area contributed by atoms with E-state index in [1.165, 1.54) is 6.33 Å². The number of primary amides is 1. The van der Waals surface area contributed by atoms with Gasteiger partial charge in [0, 0.05) is 12.4 Å². The summed E-state index contributed by atoms with van der Waals surface area (Å²) in [5.74, 6) is 0.0243. The number of nitrogens with zero attached hydrogens (tertiary/aromatic N) is 2. The summed E-state index contributed by atoms with van der Waals surface area (Å²) in [6.45, 7) is 4.01. The van der Waals surface area contributed by atoms with Gasteiger partial charge in [-0.3, -0.25) is 4.79 Å². The Bertz CT molecular complexity index is 237. The van der Waals surface area contributed by atoms with E-state index in [2.05, 4.69) is 9.97 Å². The Morgan fingerprint density at radius 1 is 1.33 bits per heavy atom. The number of hydrogen-bond acceptors (Lipinski definition) is 4. The minimum absolute atomic E-state index is 0.413. The summed E-state index contributed by atoms with van der Waals surface area (Å²) in [6.07, 6.45) is 5.55. The average Bonchev–Trinajstić information content (AvgIpc) is 2.20. The summed E-state index contributed by atoms with van der Waals surface area (Å²) >= 11 is 0. The van der Waals surface area contributed by atoms with Crippen LogP contribution in [0.3, 0.4) is 0 Å². The van der Waals surface area contributed by atoms with Crippen LogP contribution in [-0.4, -0.2) is 21.9 Å². The van der Waals surface area contributed by atoms with E-state index < -0.39 is 11.9 Å². The van der Waals surface area contributed by atoms with E-state index >= 15 is 0 Å². The van der Waals surface area contributed by atoms with Gasteiger partial charge in [-0.15, -0.1) is 0 Å². The molecule has 1 heterocycles. The van der Waals surface area contributed by atoms with Crippen molar-refractivity contribution in [2.24, 2.45) is 17.4 Å². The molecule has 1 atom stereocenters. The third kappa shape index (κ3) is 8.83. The Morgan fingerprint density at radius 3 is 2.00 bits per heavy atom. The predicted octanol–water partition coefficient (Wildman–Crippen LogP) is 0.322. The first-order valence-electron chi connectivity index (χ1n) is 4.79. The van der Waals surface area contributed by atoms with Crippen molar-refractivity contribution in [3.05, 3.63) is 24.8 Å². The highest BCUT2D eigenvalue weighted by molar-refractivity contribution is 5.79. The van der Waals surface area contributed by atoms with E-state index in [4.69, 9.17) is 11.5 Å². The van der Waals surface area contributed by atoms with E-state index in [1.54, 1.807) is 18.5 Å². The highest BCUT2D eigenvalue weighted by atomic mass is 16.1. The Hall–Kier alpha value is -1.49. The van der Waals surface area contributed by atoms with Crippen molar-refractivity contribution in [3.63, 3.8) is 0 Å². The summed E-state index contributed by atoms with van der Waals surface area (Å²) in [6, 6.07) is 1.31. The molecule has 1 aromatic heterocycles. The normalized spacial score (nSPS) is 11.5. The van der Waals surface area contributed by atoms with Gasteiger partial charge in [0.15, 0.2) is 0 Å². The van der Waals surface area contributed by atoms with E-state index in [-0.39, 0.29) is 0 Å². The molecule has 0 saturated carbocycles. The van der Waals surface area contributed by atoms with E-state index in [9.17, 15) is 4.79 Å². The van der Waals surface area contributed by atoms with Crippen LogP contribution in [0.4, 0.5) is 0 Å². The molecule has 4 N–H and O–H groups in total. The lowest BCUT2D eigenvalue weighted by atomic mass is 10.0. The Labute approximate surface area is 89.9 Å². The van der Waals surface area contributed by atoms with Crippen LogP contribution >= 0.6 is 0 Å². The number of nitrogens with two attached hydrogens (primary N) is 2. The molecule has 0 aliphatic carbocycles. The Kier molecular flexibility index (Phi) is 7.09. The molecule has 0 saturated heterocycles. The van der Waals surface area contributed by atoms with Crippen LogP contribution in [0, 0.1) is 5.92 Å². The van der Waals surface area contributed by atoms with E-state index in [0.29, 0.717) is 12.3 Å². The summed E-state index contributed by atoms with van der Waals surface area (Å²) in [5.41, 5.74) is 10.3. The second kappa shape index (κ2) is 7.87. The Balaban J connectivity index is 0.000000280. The smallest absolute Gasteiger partial charge is 0.234 e. The second-order valence-electron chi connectivity index (χ2n) is 3.54. The van der Waals surface area contributed by atoms with Crippen LogP contribution < -0.4 is 11.5 Å². The molecule has 15 heavy (non-hydrogen) atoms.